The van der Waals surface area contributed by atoms with Crippen LogP contribution in [0.25, 0.3) is 0 Å². The molecule has 1 aliphatic heterocycles. The van der Waals surface area contributed by atoms with Gasteiger partial charge < -0.3 is 14.2 Å². The van der Waals surface area contributed by atoms with Gasteiger partial charge in [0.2, 0.25) is 11.8 Å². The van der Waals surface area contributed by atoms with Crippen LogP contribution in [0.15, 0.2) is 41.2 Å². The van der Waals surface area contributed by atoms with Gasteiger partial charge in [-0.1, -0.05) is 5.16 Å². The summed E-state index contributed by atoms with van der Waals surface area (Å²) < 4.78 is 23.9. The average molecular weight is 396 g/mol. The Morgan fingerprint density at radius 3 is 2.79 bits per heavy atom. The molecule has 2 aromatic heterocycles. The number of aryl methyl sites for hydroxylation is 2. The maximum atomic E-state index is 13.1. The van der Waals surface area contributed by atoms with Crippen molar-refractivity contribution in [3.05, 3.63) is 65.2 Å². The Bertz CT molecular complexity index is 1000. The van der Waals surface area contributed by atoms with Crippen LogP contribution in [-0.2, 0) is 11.2 Å². The molecule has 0 spiro atoms. The van der Waals surface area contributed by atoms with Crippen LogP contribution in [0, 0.1) is 19.7 Å². The van der Waals surface area contributed by atoms with Gasteiger partial charge in [0.1, 0.15) is 17.3 Å². The van der Waals surface area contributed by atoms with E-state index in [1.807, 2.05) is 18.7 Å². The van der Waals surface area contributed by atoms with Crippen molar-refractivity contribution in [1.29, 1.82) is 0 Å². The summed E-state index contributed by atoms with van der Waals surface area (Å²) in [5.41, 5.74) is 2.25. The highest BCUT2D eigenvalue weighted by Gasteiger charge is 2.32. The van der Waals surface area contributed by atoms with E-state index in [-0.39, 0.29) is 24.2 Å². The zero-order valence-corrected chi connectivity index (χ0v) is 16.3. The molecule has 7 nitrogen and oxygen atoms in total. The minimum atomic E-state index is -0.337. The number of halogens is 1. The highest BCUT2D eigenvalue weighted by atomic mass is 19.1. The second kappa shape index (κ2) is 7.98. The Kier molecular flexibility index (Phi) is 5.24. The molecule has 1 aliphatic rings. The van der Waals surface area contributed by atoms with E-state index in [1.54, 1.807) is 6.20 Å². The lowest BCUT2D eigenvalue weighted by atomic mass is 10.1. The first-order valence-corrected chi connectivity index (χ1v) is 9.48. The van der Waals surface area contributed by atoms with Crippen molar-refractivity contribution in [2.45, 2.75) is 39.2 Å². The van der Waals surface area contributed by atoms with Crippen LogP contribution < -0.4 is 4.74 Å². The smallest absolute Gasteiger partial charge is 0.238 e. The summed E-state index contributed by atoms with van der Waals surface area (Å²) in [6, 6.07) is 5.53. The predicted octanol–water partition coefficient (Wildman–Crippen LogP) is 3.92. The van der Waals surface area contributed by atoms with Crippen LogP contribution in [0.1, 0.15) is 41.6 Å². The topological polar surface area (TPSA) is 81.4 Å². The SMILES string of the molecule is Cc1noc(C)c1CC(=O)N1CCC[C@@H]1c1cncc(Oc2ccc(F)cc2)n1. The largest absolute Gasteiger partial charge is 0.437 e. The summed E-state index contributed by atoms with van der Waals surface area (Å²) in [5.74, 6) is 1.11. The van der Waals surface area contributed by atoms with Gasteiger partial charge in [-0.25, -0.2) is 9.37 Å². The fourth-order valence-electron chi connectivity index (χ4n) is 3.58. The number of nitrogens with zero attached hydrogens (tertiary/aromatic N) is 4. The predicted molar refractivity (Wildman–Crippen MR) is 102 cm³/mol. The first-order chi connectivity index (χ1) is 14.0. The maximum Gasteiger partial charge on any atom is 0.238 e. The van der Waals surface area contributed by atoms with Crippen LogP contribution in [-0.4, -0.2) is 32.5 Å². The van der Waals surface area contributed by atoms with Gasteiger partial charge in [-0.05, 0) is 51.0 Å². The summed E-state index contributed by atoms with van der Waals surface area (Å²) in [6.07, 6.45) is 5.10. The van der Waals surface area contributed by atoms with Gasteiger partial charge in [-0.15, -0.1) is 0 Å². The first kappa shape index (κ1) is 19.0. The van der Waals surface area contributed by atoms with Gasteiger partial charge in [0.15, 0.2) is 0 Å². The van der Waals surface area contributed by atoms with E-state index in [4.69, 9.17) is 9.26 Å². The molecule has 0 saturated carbocycles. The zero-order chi connectivity index (χ0) is 20.4. The summed E-state index contributed by atoms with van der Waals surface area (Å²) in [5, 5.41) is 3.92. The van der Waals surface area contributed by atoms with Crippen molar-refractivity contribution >= 4 is 5.91 Å². The molecule has 1 saturated heterocycles. The van der Waals surface area contributed by atoms with E-state index in [0.29, 0.717) is 29.6 Å². The number of hydrogen-bond donors (Lipinski definition) is 0. The second-order valence-electron chi connectivity index (χ2n) is 7.06. The summed E-state index contributed by atoms with van der Waals surface area (Å²) in [7, 11) is 0. The lowest BCUT2D eigenvalue weighted by molar-refractivity contribution is -0.131. The molecule has 3 aromatic rings. The third-order valence-corrected chi connectivity index (χ3v) is 5.09. The lowest BCUT2D eigenvalue weighted by Gasteiger charge is -2.24. The molecule has 3 heterocycles. The highest BCUT2D eigenvalue weighted by Crippen LogP contribution is 2.32. The first-order valence-electron chi connectivity index (χ1n) is 9.48. The van der Waals surface area contributed by atoms with Gasteiger partial charge in [-0.3, -0.25) is 9.78 Å². The van der Waals surface area contributed by atoms with Crippen LogP contribution in [0.3, 0.4) is 0 Å². The molecule has 1 atom stereocenters. The molecule has 0 unspecified atom stereocenters. The van der Waals surface area contributed by atoms with Crippen LogP contribution in [0.2, 0.25) is 0 Å². The second-order valence-corrected chi connectivity index (χ2v) is 7.06. The van der Waals surface area contributed by atoms with Crippen molar-refractivity contribution in [3.63, 3.8) is 0 Å². The minimum Gasteiger partial charge on any atom is -0.437 e. The van der Waals surface area contributed by atoms with Crippen LogP contribution in [0.5, 0.6) is 11.6 Å². The molecule has 8 heteroatoms. The fraction of sp³-hybridized carbons (Fsp3) is 0.333. The van der Waals surface area contributed by atoms with Crippen molar-refractivity contribution < 1.29 is 18.4 Å². The number of likely N-dealkylation sites (tertiary alicyclic amines) is 1. The van der Waals surface area contributed by atoms with Gasteiger partial charge in [0.05, 0.1) is 36.2 Å². The number of hydrogen-bond acceptors (Lipinski definition) is 6. The molecule has 4 rings (SSSR count). The van der Waals surface area contributed by atoms with E-state index in [9.17, 15) is 9.18 Å². The van der Waals surface area contributed by atoms with Crippen molar-refractivity contribution in [2.24, 2.45) is 0 Å². The Balaban J connectivity index is 1.51. The number of aromatic nitrogens is 3. The summed E-state index contributed by atoms with van der Waals surface area (Å²) in [4.78, 5) is 23.5. The van der Waals surface area contributed by atoms with E-state index in [1.165, 1.54) is 30.5 Å². The van der Waals surface area contributed by atoms with Crippen LogP contribution in [0.4, 0.5) is 4.39 Å². The van der Waals surface area contributed by atoms with E-state index in [2.05, 4.69) is 15.1 Å². The van der Waals surface area contributed by atoms with Crippen LogP contribution >= 0.6 is 0 Å². The molecule has 0 aliphatic carbocycles. The number of rotatable bonds is 5. The Labute approximate surface area is 167 Å². The summed E-state index contributed by atoms with van der Waals surface area (Å²) in [6.45, 7) is 4.31. The molecule has 1 aromatic carbocycles. The zero-order valence-electron chi connectivity index (χ0n) is 16.3. The van der Waals surface area contributed by atoms with Crippen molar-refractivity contribution in [3.8, 4) is 11.6 Å². The van der Waals surface area contributed by atoms with E-state index < -0.39 is 0 Å². The monoisotopic (exact) mass is 396 g/mol. The molecule has 0 N–H and O–H groups in total. The van der Waals surface area contributed by atoms with Crippen molar-refractivity contribution in [1.82, 2.24) is 20.0 Å². The Hall–Kier alpha value is -3.29. The number of carbonyl (C=O) groups is 1. The molecule has 0 bridgehead atoms. The molecule has 0 radical (unpaired) electrons. The van der Waals surface area contributed by atoms with E-state index >= 15 is 0 Å². The lowest BCUT2D eigenvalue weighted by Crippen LogP contribution is -2.32. The van der Waals surface area contributed by atoms with Gasteiger partial charge in [0, 0.05) is 12.1 Å². The number of benzene rings is 1. The molecule has 29 heavy (non-hydrogen) atoms. The maximum absolute atomic E-state index is 13.1. The Morgan fingerprint density at radius 1 is 1.28 bits per heavy atom. The number of carbonyl (C=O) groups excluding carboxylic acids is 1. The molecular formula is C21H21FN4O3. The van der Waals surface area contributed by atoms with Gasteiger partial charge >= 0.3 is 0 Å². The normalized spacial score (nSPS) is 16.2. The van der Waals surface area contributed by atoms with Crippen molar-refractivity contribution in [2.75, 3.05) is 6.54 Å². The minimum absolute atomic E-state index is 0.00792. The Morgan fingerprint density at radius 2 is 2.07 bits per heavy atom. The number of amides is 1. The third-order valence-electron chi connectivity index (χ3n) is 5.09. The third kappa shape index (κ3) is 4.11. The standard InChI is InChI=1S/C21H21FN4O3/c1-13-17(14(2)29-25-13)10-21(27)26-9-3-4-19(26)18-11-23-12-20(24-18)28-16-7-5-15(22)6-8-16/h5-8,11-12,19H,3-4,9-10H2,1-2H3/t19-/m1/s1. The highest BCUT2D eigenvalue weighted by molar-refractivity contribution is 5.80. The molecule has 150 valence electrons. The molecule has 1 amide bonds. The number of ether oxygens (including phenoxy) is 1. The quantitative estimate of drug-likeness (QED) is 0.650. The van der Waals surface area contributed by atoms with Gasteiger partial charge in [-0.2, -0.15) is 0 Å². The molecule has 1 fully saturated rings. The van der Waals surface area contributed by atoms with E-state index in [0.717, 1.165) is 24.1 Å². The summed E-state index contributed by atoms with van der Waals surface area (Å²) >= 11 is 0. The fourth-order valence-corrected chi connectivity index (χ4v) is 3.58. The molecular weight excluding hydrogens is 375 g/mol. The van der Waals surface area contributed by atoms with Gasteiger partial charge in [0.25, 0.3) is 0 Å². The average Bonchev–Trinajstić information content (AvgIpc) is 3.32.